The molecule has 1 aromatic heterocycles. The highest BCUT2D eigenvalue weighted by Crippen LogP contribution is 2.13. The second kappa shape index (κ2) is 6.36. The van der Waals surface area contributed by atoms with Gasteiger partial charge >= 0.3 is 0 Å². The number of hydrogen-bond acceptors (Lipinski definition) is 3. The van der Waals surface area contributed by atoms with E-state index in [1.807, 2.05) is 44.2 Å². The van der Waals surface area contributed by atoms with Gasteiger partial charge in [0.05, 0.1) is 12.2 Å². The van der Waals surface area contributed by atoms with E-state index in [1.165, 1.54) is 5.56 Å². The standard InChI is InChI=1S/C17H19N3O/c1-4-5-14-6-8-15(9-7-14)16(21)11-20-13(3)12(2)19-17(20)10-18/h6-9H,4-5,11H2,1-3H3. The van der Waals surface area contributed by atoms with E-state index < -0.39 is 0 Å². The molecule has 4 nitrogen and oxygen atoms in total. The van der Waals surface area contributed by atoms with Crippen molar-refractivity contribution in [3.63, 3.8) is 0 Å². The minimum absolute atomic E-state index is 0.00458. The fourth-order valence-corrected chi connectivity index (χ4v) is 2.31. The molecule has 2 rings (SSSR count). The average Bonchev–Trinajstić information content (AvgIpc) is 2.76. The van der Waals surface area contributed by atoms with E-state index in [0.29, 0.717) is 11.4 Å². The maximum Gasteiger partial charge on any atom is 0.213 e. The van der Waals surface area contributed by atoms with Gasteiger partial charge in [0, 0.05) is 11.3 Å². The highest BCUT2D eigenvalue weighted by Gasteiger charge is 2.14. The van der Waals surface area contributed by atoms with Crippen LogP contribution in [-0.4, -0.2) is 15.3 Å². The fraction of sp³-hybridized carbons (Fsp3) is 0.353. The van der Waals surface area contributed by atoms with E-state index in [0.717, 1.165) is 24.2 Å². The highest BCUT2D eigenvalue weighted by molar-refractivity contribution is 5.96. The number of rotatable bonds is 5. The van der Waals surface area contributed by atoms with Gasteiger partial charge in [-0.1, -0.05) is 37.6 Å². The number of aryl methyl sites for hydroxylation is 2. The molecule has 0 bridgehead atoms. The Kier molecular flexibility index (Phi) is 4.54. The molecule has 0 saturated heterocycles. The zero-order valence-corrected chi connectivity index (χ0v) is 12.7. The summed E-state index contributed by atoms with van der Waals surface area (Å²) in [6.07, 6.45) is 2.11. The molecular weight excluding hydrogens is 262 g/mol. The van der Waals surface area contributed by atoms with Crippen molar-refractivity contribution in [2.24, 2.45) is 0 Å². The molecule has 108 valence electrons. The van der Waals surface area contributed by atoms with Crippen LogP contribution in [0.5, 0.6) is 0 Å². The maximum atomic E-state index is 12.4. The van der Waals surface area contributed by atoms with E-state index in [4.69, 9.17) is 5.26 Å². The molecule has 0 spiro atoms. The van der Waals surface area contributed by atoms with Gasteiger partial charge in [-0.05, 0) is 25.8 Å². The molecule has 2 aromatic rings. The highest BCUT2D eigenvalue weighted by atomic mass is 16.1. The Balaban J connectivity index is 2.20. The largest absolute Gasteiger partial charge is 0.312 e. The van der Waals surface area contributed by atoms with Crippen LogP contribution >= 0.6 is 0 Å². The Hall–Kier alpha value is -2.41. The molecule has 1 aromatic carbocycles. The van der Waals surface area contributed by atoms with Crippen molar-refractivity contribution in [3.05, 3.63) is 52.6 Å². The van der Waals surface area contributed by atoms with Gasteiger partial charge < -0.3 is 4.57 Å². The SMILES string of the molecule is CCCc1ccc(C(=O)Cn2c(C#N)nc(C)c2C)cc1. The maximum absolute atomic E-state index is 12.4. The fourth-order valence-electron chi connectivity index (χ4n) is 2.31. The van der Waals surface area contributed by atoms with Crippen molar-refractivity contribution in [2.45, 2.75) is 40.2 Å². The van der Waals surface area contributed by atoms with Gasteiger partial charge in [-0.2, -0.15) is 5.26 Å². The normalized spacial score (nSPS) is 10.4. The second-order valence-corrected chi connectivity index (χ2v) is 5.17. The second-order valence-electron chi connectivity index (χ2n) is 5.17. The molecule has 0 aliphatic heterocycles. The molecule has 0 unspecified atom stereocenters. The lowest BCUT2D eigenvalue weighted by atomic mass is 10.1. The summed E-state index contributed by atoms with van der Waals surface area (Å²) >= 11 is 0. The van der Waals surface area contributed by atoms with Crippen molar-refractivity contribution in [1.29, 1.82) is 5.26 Å². The van der Waals surface area contributed by atoms with E-state index >= 15 is 0 Å². The van der Waals surface area contributed by atoms with Crippen LogP contribution in [0, 0.1) is 25.2 Å². The Bertz CT molecular complexity index is 690. The Labute approximate surface area is 125 Å². The van der Waals surface area contributed by atoms with Crippen molar-refractivity contribution in [2.75, 3.05) is 0 Å². The minimum Gasteiger partial charge on any atom is -0.312 e. The molecule has 0 aliphatic rings. The van der Waals surface area contributed by atoms with Crippen LogP contribution < -0.4 is 0 Å². The van der Waals surface area contributed by atoms with Gasteiger partial charge in [-0.15, -0.1) is 0 Å². The lowest BCUT2D eigenvalue weighted by Crippen LogP contribution is -2.13. The molecule has 0 N–H and O–H groups in total. The van der Waals surface area contributed by atoms with Crippen LogP contribution in [0.25, 0.3) is 0 Å². The van der Waals surface area contributed by atoms with Crippen LogP contribution in [0.1, 0.15) is 46.5 Å². The monoisotopic (exact) mass is 281 g/mol. The first-order chi connectivity index (χ1) is 10.1. The van der Waals surface area contributed by atoms with Crippen molar-refractivity contribution < 1.29 is 4.79 Å². The Morgan fingerprint density at radius 3 is 2.52 bits per heavy atom. The summed E-state index contributed by atoms with van der Waals surface area (Å²) in [6, 6.07) is 9.75. The third kappa shape index (κ3) is 3.19. The van der Waals surface area contributed by atoms with Crippen molar-refractivity contribution in [1.82, 2.24) is 9.55 Å². The zero-order valence-electron chi connectivity index (χ0n) is 12.7. The molecule has 0 fully saturated rings. The number of carbonyl (C=O) groups excluding carboxylic acids is 1. The van der Waals surface area contributed by atoms with Gasteiger partial charge in [-0.3, -0.25) is 4.79 Å². The molecule has 0 atom stereocenters. The topological polar surface area (TPSA) is 58.7 Å². The van der Waals surface area contributed by atoms with E-state index in [9.17, 15) is 4.79 Å². The number of benzene rings is 1. The quantitative estimate of drug-likeness (QED) is 0.791. The molecule has 0 radical (unpaired) electrons. The lowest BCUT2D eigenvalue weighted by Gasteiger charge is -2.07. The predicted molar refractivity (Wildman–Crippen MR) is 81.2 cm³/mol. The number of Topliss-reactive ketones (excluding diaryl/α,β-unsaturated/α-hetero) is 1. The molecule has 1 heterocycles. The summed E-state index contributed by atoms with van der Waals surface area (Å²) < 4.78 is 1.68. The summed E-state index contributed by atoms with van der Waals surface area (Å²) in [6.45, 7) is 6.01. The predicted octanol–water partition coefficient (Wildman–Crippen LogP) is 3.21. The van der Waals surface area contributed by atoms with Gasteiger partial charge in [0.25, 0.3) is 0 Å². The molecule has 0 saturated carbocycles. The number of nitriles is 1. The number of imidazole rings is 1. The third-order valence-electron chi connectivity index (χ3n) is 3.67. The van der Waals surface area contributed by atoms with Gasteiger partial charge in [0.2, 0.25) is 5.82 Å². The number of nitrogens with zero attached hydrogens (tertiary/aromatic N) is 3. The Morgan fingerprint density at radius 1 is 1.29 bits per heavy atom. The van der Waals surface area contributed by atoms with Gasteiger partial charge in [-0.25, -0.2) is 4.98 Å². The van der Waals surface area contributed by atoms with E-state index in [1.54, 1.807) is 4.57 Å². The minimum atomic E-state index is -0.00458. The third-order valence-corrected chi connectivity index (χ3v) is 3.67. The molecule has 0 aliphatic carbocycles. The Morgan fingerprint density at radius 2 is 1.95 bits per heavy atom. The van der Waals surface area contributed by atoms with Crippen molar-refractivity contribution >= 4 is 5.78 Å². The zero-order chi connectivity index (χ0) is 15.4. The molecule has 4 heteroatoms. The summed E-state index contributed by atoms with van der Waals surface area (Å²) in [5, 5.41) is 9.09. The summed E-state index contributed by atoms with van der Waals surface area (Å²) in [5.74, 6) is 0.288. The average molecular weight is 281 g/mol. The number of aromatic nitrogens is 2. The lowest BCUT2D eigenvalue weighted by molar-refractivity contribution is 0.0971. The van der Waals surface area contributed by atoms with Crippen LogP contribution in [0.15, 0.2) is 24.3 Å². The van der Waals surface area contributed by atoms with Gasteiger partial charge in [0.1, 0.15) is 6.07 Å². The summed E-state index contributed by atoms with van der Waals surface area (Å²) in [4.78, 5) is 16.5. The van der Waals surface area contributed by atoms with E-state index in [2.05, 4.69) is 11.9 Å². The summed E-state index contributed by atoms with van der Waals surface area (Å²) in [7, 11) is 0. The van der Waals surface area contributed by atoms with Crippen LogP contribution in [0.2, 0.25) is 0 Å². The van der Waals surface area contributed by atoms with Crippen LogP contribution in [-0.2, 0) is 13.0 Å². The van der Waals surface area contributed by atoms with Gasteiger partial charge in [0.15, 0.2) is 5.78 Å². The molecule has 0 amide bonds. The number of hydrogen-bond donors (Lipinski definition) is 0. The number of ketones is 1. The molecule has 21 heavy (non-hydrogen) atoms. The molecular formula is C17H19N3O. The van der Waals surface area contributed by atoms with Crippen LogP contribution in [0.3, 0.4) is 0 Å². The first-order valence-electron chi connectivity index (χ1n) is 7.12. The smallest absolute Gasteiger partial charge is 0.213 e. The first kappa shape index (κ1) is 15.0. The summed E-state index contributed by atoms with van der Waals surface area (Å²) in [5.41, 5.74) is 3.56. The first-order valence-corrected chi connectivity index (χ1v) is 7.12. The van der Waals surface area contributed by atoms with Crippen LogP contribution in [0.4, 0.5) is 0 Å². The van der Waals surface area contributed by atoms with Crippen molar-refractivity contribution in [3.8, 4) is 6.07 Å². The van der Waals surface area contributed by atoms with E-state index in [-0.39, 0.29) is 12.3 Å². The number of carbonyl (C=O) groups is 1.